The molecule has 2 heterocycles. The van der Waals surface area contributed by atoms with Crippen molar-refractivity contribution in [3.8, 4) is 0 Å². The van der Waals surface area contributed by atoms with Crippen molar-refractivity contribution in [2.75, 3.05) is 26.7 Å². The van der Waals surface area contributed by atoms with Crippen molar-refractivity contribution in [1.82, 2.24) is 10.2 Å². The second-order valence-corrected chi connectivity index (χ2v) is 7.53. The molecular formula is C17H28IN3S. The Balaban J connectivity index is 0.00000176. The molecule has 5 heteroatoms. The van der Waals surface area contributed by atoms with Crippen LogP contribution in [0.4, 0.5) is 0 Å². The zero-order valence-electron chi connectivity index (χ0n) is 13.6. The normalized spacial score (nSPS) is 26.3. The minimum absolute atomic E-state index is 0. The van der Waals surface area contributed by atoms with E-state index in [2.05, 4.69) is 39.6 Å². The summed E-state index contributed by atoms with van der Waals surface area (Å²) in [6.07, 6.45) is 5.69. The fraction of sp³-hybridized carbons (Fsp3) is 0.706. The van der Waals surface area contributed by atoms with Gasteiger partial charge in [0.1, 0.15) is 0 Å². The van der Waals surface area contributed by atoms with Gasteiger partial charge in [0.15, 0.2) is 5.96 Å². The minimum atomic E-state index is 0. The van der Waals surface area contributed by atoms with Crippen molar-refractivity contribution >= 4 is 41.3 Å². The van der Waals surface area contributed by atoms with E-state index >= 15 is 0 Å². The molecule has 3 unspecified atom stereocenters. The topological polar surface area (TPSA) is 27.6 Å². The summed E-state index contributed by atoms with van der Waals surface area (Å²) in [6.45, 7) is 5.67. The van der Waals surface area contributed by atoms with Crippen LogP contribution in [0.15, 0.2) is 22.5 Å². The van der Waals surface area contributed by atoms with Gasteiger partial charge in [0.05, 0.1) is 0 Å². The maximum atomic E-state index is 4.52. The van der Waals surface area contributed by atoms with Gasteiger partial charge in [-0.05, 0) is 36.1 Å². The average Bonchev–Trinajstić information content (AvgIpc) is 3.17. The number of nitrogens with one attached hydrogen (secondary N) is 1. The molecule has 124 valence electrons. The van der Waals surface area contributed by atoms with Gasteiger partial charge in [-0.1, -0.05) is 25.8 Å². The van der Waals surface area contributed by atoms with E-state index in [0.29, 0.717) is 5.92 Å². The molecule has 3 rings (SSSR count). The Morgan fingerprint density at radius 2 is 2.05 bits per heavy atom. The van der Waals surface area contributed by atoms with E-state index in [4.69, 9.17) is 0 Å². The largest absolute Gasteiger partial charge is 0.356 e. The number of fused-ring (bicyclic) bond motifs is 1. The standard InChI is InChI=1S/C17H27N3S.HI/c1-13(16-8-5-9-21-16)10-19-17(18-2)20-11-14-6-3-4-7-15(14)12-20;/h5,8-9,13-15H,3-4,6-7,10-12H2,1-2H3,(H,18,19);1H. The molecular weight excluding hydrogens is 405 g/mol. The summed E-state index contributed by atoms with van der Waals surface area (Å²) in [5, 5.41) is 5.75. The number of thiophene rings is 1. The molecule has 0 amide bonds. The third-order valence-corrected chi connectivity index (χ3v) is 6.19. The highest BCUT2D eigenvalue weighted by Gasteiger charge is 2.35. The monoisotopic (exact) mass is 433 g/mol. The van der Waals surface area contributed by atoms with Gasteiger partial charge in [0, 0.05) is 37.5 Å². The summed E-state index contributed by atoms with van der Waals surface area (Å²) in [7, 11) is 1.92. The Labute approximate surface area is 155 Å². The lowest BCUT2D eigenvalue weighted by Crippen LogP contribution is -2.41. The zero-order chi connectivity index (χ0) is 14.7. The highest BCUT2D eigenvalue weighted by atomic mass is 127. The summed E-state index contributed by atoms with van der Waals surface area (Å²) >= 11 is 1.85. The van der Waals surface area contributed by atoms with Gasteiger partial charge < -0.3 is 10.2 Å². The summed E-state index contributed by atoms with van der Waals surface area (Å²) in [4.78, 5) is 8.46. The van der Waals surface area contributed by atoms with Gasteiger partial charge in [0.2, 0.25) is 0 Å². The van der Waals surface area contributed by atoms with E-state index in [0.717, 1.165) is 24.3 Å². The van der Waals surface area contributed by atoms with E-state index < -0.39 is 0 Å². The maximum Gasteiger partial charge on any atom is 0.193 e. The molecule has 0 aromatic carbocycles. The first-order valence-corrected chi connectivity index (χ1v) is 9.15. The van der Waals surface area contributed by atoms with Gasteiger partial charge >= 0.3 is 0 Å². The number of likely N-dealkylation sites (tertiary alicyclic amines) is 1. The highest BCUT2D eigenvalue weighted by molar-refractivity contribution is 14.0. The first kappa shape index (κ1) is 18.0. The number of nitrogens with zero attached hydrogens (tertiary/aromatic N) is 2. The number of hydrogen-bond donors (Lipinski definition) is 1. The van der Waals surface area contributed by atoms with E-state index in [1.54, 1.807) is 0 Å². The lowest BCUT2D eigenvalue weighted by atomic mass is 9.82. The van der Waals surface area contributed by atoms with Crippen LogP contribution < -0.4 is 5.32 Å². The number of aliphatic imine (C=N–C) groups is 1. The minimum Gasteiger partial charge on any atom is -0.356 e. The van der Waals surface area contributed by atoms with Crippen molar-refractivity contribution in [2.24, 2.45) is 16.8 Å². The van der Waals surface area contributed by atoms with Gasteiger partial charge in [-0.15, -0.1) is 35.3 Å². The molecule has 1 aliphatic heterocycles. The van der Waals surface area contributed by atoms with Gasteiger partial charge in [-0.2, -0.15) is 0 Å². The second kappa shape index (κ2) is 8.52. The van der Waals surface area contributed by atoms with Crippen molar-refractivity contribution in [3.05, 3.63) is 22.4 Å². The molecule has 0 radical (unpaired) electrons. The molecule has 2 fully saturated rings. The van der Waals surface area contributed by atoms with Crippen molar-refractivity contribution in [3.63, 3.8) is 0 Å². The summed E-state index contributed by atoms with van der Waals surface area (Å²) in [6, 6.07) is 4.36. The highest BCUT2D eigenvalue weighted by Crippen LogP contribution is 2.36. The van der Waals surface area contributed by atoms with Gasteiger partial charge in [0.25, 0.3) is 0 Å². The van der Waals surface area contributed by atoms with Gasteiger partial charge in [-0.25, -0.2) is 0 Å². The van der Waals surface area contributed by atoms with E-state index in [1.165, 1.54) is 43.6 Å². The fourth-order valence-corrected chi connectivity index (χ4v) is 4.61. The van der Waals surface area contributed by atoms with Crippen LogP contribution in [0.3, 0.4) is 0 Å². The molecule has 2 aliphatic rings. The molecule has 1 aromatic rings. The third-order valence-electron chi connectivity index (χ3n) is 5.08. The molecule has 3 nitrogen and oxygen atoms in total. The van der Waals surface area contributed by atoms with Crippen LogP contribution in [0.1, 0.15) is 43.4 Å². The third kappa shape index (κ3) is 4.16. The molecule has 1 N–H and O–H groups in total. The first-order chi connectivity index (χ1) is 10.3. The number of rotatable bonds is 3. The summed E-state index contributed by atoms with van der Waals surface area (Å²) in [5.74, 6) is 3.47. The van der Waals surface area contributed by atoms with Crippen LogP contribution in [0.25, 0.3) is 0 Å². The van der Waals surface area contributed by atoms with E-state index in [1.807, 2.05) is 18.4 Å². The molecule has 1 saturated carbocycles. The van der Waals surface area contributed by atoms with Crippen LogP contribution in [-0.4, -0.2) is 37.5 Å². The molecule has 22 heavy (non-hydrogen) atoms. The van der Waals surface area contributed by atoms with E-state index in [9.17, 15) is 0 Å². The Kier molecular flexibility index (Phi) is 6.99. The molecule has 1 aromatic heterocycles. The molecule has 0 bridgehead atoms. The zero-order valence-corrected chi connectivity index (χ0v) is 16.8. The second-order valence-electron chi connectivity index (χ2n) is 6.55. The smallest absolute Gasteiger partial charge is 0.193 e. The van der Waals surface area contributed by atoms with Gasteiger partial charge in [-0.3, -0.25) is 4.99 Å². The molecule has 0 spiro atoms. The Bertz CT molecular complexity index is 460. The fourth-order valence-electron chi connectivity index (χ4n) is 3.83. The number of guanidine groups is 1. The van der Waals surface area contributed by atoms with Crippen LogP contribution in [0, 0.1) is 11.8 Å². The number of halogens is 1. The van der Waals surface area contributed by atoms with E-state index in [-0.39, 0.29) is 24.0 Å². The Morgan fingerprint density at radius 1 is 1.36 bits per heavy atom. The predicted molar refractivity (Wildman–Crippen MR) is 107 cm³/mol. The van der Waals surface area contributed by atoms with Crippen molar-refractivity contribution in [2.45, 2.75) is 38.5 Å². The molecule has 1 aliphatic carbocycles. The lowest BCUT2D eigenvalue weighted by molar-refractivity contribution is 0.299. The first-order valence-electron chi connectivity index (χ1n) is 8.27. The van der Waals surface area contributed by atoms with Crippen LogP contribution >= 0.6 is 35.3 Å². The molecule has 1 saturated heterocycles. The van der Waals surface area contributed by atoms with Crippen LogP contribution in [0.5, 0.6) is 0 Å². The predicted octanol–water partition coefficient (Wildman–Crippen LogP) is 4.17. The summed E-state index contributed by atoms with van der Waals surface area (Å²) < 4.78 is 0. The van der Waals surface area contributed by atoms with Crippen molar-refractivity contribution < 1.29 is 0 Å². The van der Waals surface area contributed by atoms with Crippen molar-refractivity contribution in [1.29, 1.82) is 0 Å². The van der Waals surface area contributed by atoms with Crippen LogP contribution in [0.2, 0.25) is 0 Å². The summed E-state index contributed by atoms with van der Waals surface area (Å²) in [5.41, 5.74) is 0. The maximum absolute atomic E-state index is 4.52. The lowest BCUT2D eigenvalue weighted by Gasteiger charge is -2.23. The Morgan fingerprint density at radius 3 is 2.59 bits per heavy atom. The molecule has 3 atom stereocenters. The average molecular weight is 433 g/mol. The number of hydrogen-bond acceptors (Lipinski definition) is 2. The Hall–Kier alpha value is -0.300. The quantitative estimate of drug-likeness (QED) is 0.440. The SMILES string of the molecule is CN=C(NCC(C)c1cccs1)N1CC2CCCCC2C1.I. The van der Waals surface area contributed by atoms with Crippen LogP contribution in [-0.2, 0) is 0 Å².